The highest BCUT2D eigenvalue weighted by Gasteiger charge is 2.21. The number of nitro groups is 1. The van der Waals surface area contributed by atoms with Gasteiger partial charge in [0.25, 0.3) is 5.69 Å². The van der Waals surface area contributed by atoms with E-state index in [1.54, 1.807) is 24.3 Å². The summed E-state index contributed by atoms with van der Waals surface area (Å²) in [5.74, 6) is -1.23. The molecule has 0 aliphatic carbocycles. The summed E-state index contributed by atoms with van der Waals surface area (Å²) in [7, 11) is 0. The number of nitro benzene ring substituents is 1. The van der Waals surface area contributed by atoms with Gasteiger partial charge in [-0.05, 0) is 34.1 Å². The van der Waals surface area contributed by atoms with Gasteiger partial charge < -0.3 is 10.4 Å². The minimum absolute atomic E-state index is 0.0445. The van der Waals surface area contributed by atoms with Gasteiger partial charge >= 0.3 is 5.97 Å². The van der Waals surface area contributed by atoms with E-state index >= 15 is 0 Å². The number of hydrogen-bond donors (Lipinski definition) is 2. The molecule has 0 aromatic heterocycles. The molecule has 0 unspecified atom stereocenters. The van der Waals surface area contributed by atoms with Crippen molar-refractivity contribution in [3.63, 3.8) is 0 Å². The van der Waals surface area contributed by atoms with E-state index in [-0.39, 0.29) is 16.9 Å². The SMILES string of the molecule is O=C(O)c1cccc([N+](=O)[O-])c1Nc1ccccc1Br. The fourth-order valence-corrected chi connectivity index (χ4v) is 2.08. The Hall–Kier alpha value is -2.41. The summed E-state index contributed by atoms with van der Waals surface area (Å²) in [6.45, 7) is 0. The number of halogens is 1. The Balaban J connectivity index is 2.57. The third-order valence-electron chi connectivity index (χ3n) is 2.60. The molecule has 20 heavy (non-hydrogen) atoms. The predicted molar refractivity (Wildman–Crippen MR) is 77.5 cm³/mol. The van der Waals surface area contributed by atoms with Gasteiger partial charge in [0, 0.05) is 10.5 Å². The van der Waals surface area contributed by atoms with Gasteiger partial charge in [0.05, 0.1) is 16.2 Å². The first-order chi connectivity index (χ1) is 9.50. The van der Waals surface area contributed by atoms with Gasteiger partial charge in [-0.15, -0.1) is 0 Å². The molecule has 0 radical (unpaired) electrons. The monoisotopic (exact) mass is 336 g/mol. The number of para-hydroxylation sites is 2. The van der Waals surface area contributed by atoms with Crippen molar-refractivity contribution in [2.45, 2.75) is 0 Å². The van der Waals surface area contributed by atoms with Crippen molar-refractivity contribution in [3.8, 4) is 0 Å². The standard InChI is InChI=1S/C13H9BrN2O4/c14-9-5-1-2-6-10(9)15-12-8(13(17)18)4-3-7-11(12)16(19)20/h1-7,15H,(H,17,18). The number of carboxylic acids is 1. The summed E-state index contributed by atoms with van der Waals surface area (Å²) < 4.78 is 0.675. The molecule has 6 nitrogen and oxygen atoms in total. The van der Waals surface area contributed by atoms with E-state index in [1.807, 2.05) is 0 Å². The normalized spacial score (nSPS) is 10.1. The van der Waals surface area contributed by atoms with Crippen LogP contribution in [0.15, 0.2) is 46.9 Å². The predicted octanol–water partition coefficient (Wildman–Crippen LogP) is 3.80. The largest absolute Gasteiger partial charge is 0.478 e. The van der Waals surface area contributed by atoms with Crippen LogP contribution in [0.4, 0.5) is 17.1 Å². The maximum absolute atomic E-state index is 11.2. The van der Waals surface area contributed by atoms with Crippen LogP contribution in [0.5, 0.6) is 0 Å². The molecule has 0 atom stereocenters. The lowest BCUT2D eigenvalue weighted by atomic mass is 10.1. The second-order valence-electron chi connectivity index (χ2n) is 3.87. The zero-order chi connectivity index (χ0) is 14.7. The summed E-state index contributed by atoms with van der Waals surface area (Å²) in [6, 6.07) is 10.9. The molecular weight excluding hydrogens is 328 g/mol. The number of aromatic carboxylic acids is 1. The molecule has 2 N–H and O–H groups in total. The molecule has 0 fully saturated rings. The van der Waals surface area contributed by atoms with Crippen molar-refractivity contribution < 1.29 is 14.8 Å². The highest BCUT2D eigenvalue weighted by atomic mass is 79.9. The Kier molecular flexibility index (Phi) is 3.99. The minimum Gasteiger partial charge on any atom is -0.478 e. The van der Waals surface area contributed by atoms with E-state index in [0.717, 1.165) is 0 Å². The van der Waals surface area contributed by atoms with Gasteiger partial charge in [-0.3, -0.25) is 10.1 Å². The topological polar surface area (TPSA) is 92.5 Å². The van der Waals surface area contributed by atoms with Crippen LogP contribution in [0.2, 0.25) is 0 Å². The first-order valence-corrected chi connectivity index (χ1v) is 6.32. The molecule has 0 saturated carbocycles. The highest BCUT2D eigenvalue weighted by Crippen LogP contribution is 2.33. The van der Waals surface area contributed by atoms with Crippen LogP contribution < -0.4 is 5.32 Å². The Morgan fingerprint density at radius 2 is 1.90 bits per heavy atom. The number of nitrogens with zero attached hydrogens (tertiary/aromatic N) is 1. The molecule has 0 bridgehead atoms. The van der Waals surface area contributed by atoms with Crippen LogP contribution in [0.3, 0.4) is 0 Å². The summed E-state index contributed by atoms with van der Waals surface area (Å²) in [4.78, 5) is 21.6. The molecule has 0 heterocycles. The first-order valence-electron chi connectivity index (χ1n) is 5.53. The second-order valence-corrected chi connectivity index (χ2v) is 4.72. The Labute approximate surface area is 122 Å². The second kappa shape index (κ2) is 5.70. The third kappa shape index (κ3) is 2.77. The van der Waals surface area contributed by atoms with Crippen LogP contribution in [-0.2, 0) is 0 Å². The highest BCUT2D eigenvalue weighted by molar-refractivity contribution is 9.10. The fraction of sp³-hybridized carbons (Fsp3) is 0. The molecule has 7 heteroatoms. The number of carbonyl (C=O) groups is 1. The van der Waals surface area contributed by atoms with Crippen LogP contribution >= 0.6 is 15.9 Å². The number of carboxylic acid groups (broad SMARTS) is 1. The van der Waals surface area contributed by atoms with E-state index in [1.165, 1.54) is 18.2 Å². The summed E-state index contributed by atoms with van der Waals surface area (Å²) >= 11 is 3.30. The van der Waals surface area contributed by atoms with E-state index in [2.05, 4.69) is 21.2 Å². The smallest absolute Gasteiger partial charge is 0.338 e. The maximum Gasteiger partial charge on any atom is 0.338 e. The van der Waals surface area contributed by atoms with E-state index in [4.69, 9.17) is 5.11 Å². The Morgan fingerprint density at radius 1 is 1.20 bits per heavy atom. The summed E-state index contributed by atoms with van der Waals surface area (Å²) in [6.07, 6.45) is 0. The quantitative estimate of drug-likeness (QED) is 0.654. The van der Waals surface area contributed by atoms with Gasteiger partial charge in [0.2, 0.25) is 0 Å². The van der Waals surface area contributed by atoms with Crippen LogP contribution in [0.25, 0.3) is 0 Å². The Bertz CT molecular complexity index is 656. The van der Waals surface area contributed by atoms with Crippen molar-refractivity contribution in [1.29, 1.82) is 0 Å². The molecule has 2 rings (SSSR count). The minimum atomic E-state index is -1.23. The summed E-state index contributed by atoms with van der Waals surface area (Å²) in [5.41, 5.74) is 0.0526. The lowest BCUT2D eigenvalue weighted by molar-refractivity contribution is -0.383. The molecule has 0 spiro atoms. The van der Waals surface area contributed by atoms with Crippen molar-refractivity contribution in [2.75, 3.05) is 5.32 Å². The molecule has 102 valence electrons. The maximum atomic E-state index is 11.2. The first kappa shape index (κ1) is 14.0. The number of rotatable bonds is 4. The van der Waals surface area contributed by atoms with Gasteiger partial charge in [0.15, 0.2) is 0 Å². The van der Waals surface area contributed by atoms with Crippen molar-refractivity contribution in [1.82, 2.24) is 0 Å². The molecule has 0 aliphatic rings. The summed E-state index contributed by atoms with van der Waals surface area (Å²) in [5, 5.41) is 23.0. The lowest BCUT2D eigenvalue weighted by Crippen LogP contribution is -2.06. The van der Waals surface area contributed by atoms with Gasteiger partial charge in [0.1, 0.15) is 5.69 Å². The lowest BCUT2D eigenvalue weighted by Gasteiger charge is -2.11. The van der Waals surface area contributed by atoms with Crippen LogP contribution in [0.1, 0.15) is 10.4 Å². The van der Waals surface area contributed by atoms with Crippen molar-refractivity contribution >= 4 is 39.0 Å². The zero-order valence-corrected chi connectivity index (χ0v) is 11.6. The molecular formula is C13H9BrN2O4. The van der Waals surface area contributed by atoms with E-state index in [0.29, 0.717) is 10.2 Å². The third-order valence-corrected chi connectivity index (χ3v) is 3.29. The number of nitrogens with one attached hydrogen (secondary N) is 1. The fourth-order valence-electron chi connectivity index (χ4n) is 1.70. The molecule has 2 aromatic rings. The van der Waals surface area contributed by atoms with Crippen LogP contribution in [-0.4, -0.2) is 16.0 Å². The number of anilines is 2. The zero-order valence-electron chi connectivity index (χ0n) is 10.0. The average Bonchev–Trinajstić information content (AvgIpc) is 2.41. The number of benzene rings is 2. The molecule has 0 saturated heterocycles. The Morgan fingerprint density at radius 3 is 2.50 bits per heavy atom. The van der Waals surface area contributed by atoms with Gasteiger partial charge in [-0.1, -0.05) is 18.2 Å². The molecule has 0 aliphatic heterocycles. The molecule has 0 amide bonds. The average molecular weight is 337 g/mol. The molecule has 2 aromatic carbocycles. The van der Waals surface area contributed by atoms with Gasteiger partial charge in [-0.2, -0.15) is 0 Å². The van der Waals surface area contributed by atoms with E-state index < -0.39 is 10.9 Å². The number of hydrogen-bond acceptors (Lipinski definition) is 4. The van der Waals surface area contributed by atoms with Crippen molar-refractivity contribution in [2.24, 2.45) is 0 Å². The van der Waals surface area contributed by atoms with Crippen molar-refractivity contribution in [3.05, 3.63) is 62.6 Å². The van der Waals surface area contributed by atoms with Crippen LogP contribution in [0, 0.1) is 10.1 Å². The van der Waals surface area contributed by atoms with E-state index in [9.17, 15) is 14.9 Å². The van der Waals surface area contributed by atoms with Gasteiger partial charge in [-0.25, -0.2) is 4.79 Å².